The lowest BCUT2D eigenvalue weighted by Gasteiger charge is -2.18. The van der Waals surface area contributed by atoms with Gasteiger partial charge in [0.25, 0.3) is 0 Å². The van der Waals surface area contributed by atoms with Crippen LogP contribution in [0.15, 0.2) is 109 Å². The van der Waals surface area contributed by atoms with Crippen molar-refractivity contribution in [2.24, 2.45) is 0 Å². The molecule has 0 aliphatic rings. The summed E-state index contributed by atoms with van der Waals surface area (Å²) in [6, 6.07) is 0. The van der Waals surface area contributed by atoms with Crippen LogP contribution in [0.25, 0.3) is 0 Å². The Hall–Kier alpha value is -3.93. The molecule has 0 fully saturated rings. The summed E-state index contributed by atoms with van der Waals surface area (Å²) in [5, 5.41) is 0. The molecule has 0 heterocycles. The summed E-state index contributed by atoms with van der Waals surface area (Å²) in [5.41, 5.74) is 0. The van der Waals surface area contributed by atoms with Crippen LogP contribution < -0.4 is 0 Å². The molecule has 0 N–H and O–H groups in total. The molecule has 0 aromatic rings. The Morgan fingerprint density at radius 1 is 0.269 bits per heavy atom. The van der Waals surface area contributed by atoms with Crippen molar-refractivity contribution in [3.05, 3.63) is 109 Å². The fourth-order valence-corrected chi connectivity index (χ4v) is 9.05. The van der Waals surface area contributed by atoms with Crippen molar-refractivity contribution in [1.82, 2.24) is 0 Å². The van der Waals surface area contributed by atoms with E-state index < -0.39 is 6.10 Å². The van der Waals surface area contributed by atoms with Crippen molar-refractivity contribution >= 4 is 17.9 Å². The highest BCUT2D eigenvalue weighted by atomic mass is 16.6. The molecule has 0 bridgehead atoms. The smallest absolute Gasteiger partial charge is 0.306 e. The maximum Gasteiger partial charge on any atom is 0.306 e. The zero-order chi connectivity index (χ0) is 56.4. The predicted molar refractivity (Wildman–Crippen MR) is 339 cm³/mol. The van der Waals surface area contributed by atoms with E-state index in [1.165, 1.54) is 135 Å². The zero-order valence-corrected chi connectivity index (χ0v) is 51.2. The minimum absolute atomic E-state index is 0.0930. The van der Waals surface area contributed by atoms with Crippen LogP contribution in [-0.2, 0) is 28.6 Å². The van der Waals surface area contributed by atoms with Gasteiger partial charge in [-0.15, -0.1) is 0 Å². The standard InChI is InChI=1S/C72H122O6/c1-4-7-10-13-16-19-22-25-28-30-31-32-33-34-35-36-37-38-39-40-41-43-44-47-50-53-56-59-62-65-71(74)77-68-69(67-76-70(73)64-61-58-55-52-49-46-27-24-21-18-15-12-9-6-3)78-72(75)66-63-60-57-54-51-48-45-42-29-26-23-20-17-14-11-8-5-2/h8,11,15,17-18,20,22,24-27,29-31,33-34,45,48,69H,4-7,9-10,12-14,16,19,21,23,28,32,35-44,46-47,49-68H2,1-3H3/b11-8-,18-15-,20-17-,25-22-,27-24-,29-26-,31-30-,34-33-,48-45-. The third kappa shape index (κ3) is 62.9. The first-order valence-electron chi connectivity index (χ1n) is 32.9. The molecular formula is C72H122O6. The molecule has 6 heteroatoms. The molecular weight excluding hydrogens is 961 g/mol. The molecule has 0 aromatic heterocycles. The van der Waals surface area contributed by atoms with Crippen LogP contribution >= 0.6 is 0 Å². The average Bonchev–Trinajstić information content (AvgIpc) is 3.44. The van der Waals surface area contributed by atoms with Crippen molar-refractivity contribution in [2.75, 3.05) is 13.2 Å². The molecule has 0 aromatic carbocycles. The van der Waals surface area contributed by atoms with Gasteiger partial charge < -0.3 is 14.2 Å². The monoisotopic (exact) mass is 1080 g/mol. The number of carbonyl (C=O) groups is 3. The third-order valence-electron chi connectivity index (χ3n) is 14.0. The van der Waals surface area contributed by atoms with E-state index in [0.717, 1.165) is 135 Å². The van der Waals surface area contributed by atoms with Gasteiger partial charge in [0, 0.05) is 19.3 Å². The first kappa shape index (κ1) is 74.1. The summed E-state index contributed by atoms with van der Waals surface area (Å²) in [4.78, 5) is 38.3. The Morgan fingerprint density at radius 3 is 0.821 bits per heavy atom. The second-order valence-electron chi connectivity index (χ2n) is 21.6. The van der Waals surface area contributed by atoms with E-state index in [1.54, 1.807) is 0 Å². The maximum atomic E-state index is 12.9. The Kier molecular flexibility index (Phi) is 62.3. The van der Waals surface area contributed by atoms with Crippen molar-refractivity contribution in [3.8, 4) is 0 Å². The highest BCUT2D eigenvalue weighted by molar-refractivity contribution is 5.71. The van der Waals surface area contributed by atoms with Gasteiger partial charge in [-0.05, 0) is 122 Å². The molecule has 0 radical (unpaired) electrons. The number of ether oxygens (including phenoxy) is 3. The van der Waals surface area contributed by atoms with Crippen LogP contribution in [0.4, 0.5) is 0 Å². The summed E-state index contributed by atoms with van der Waals surface area (Å²) in [6.45, 7) is 6.46. The maximum absolute atomic E-state index is 12.9. The fourth-order valence-electron chi connectivity index (χ4n) is 9.05. The van der Waals surface area contributed by atoms with Gasteiger partial charge in [0.1, 0.15) is 13.2 Å². The molecule has 1 unspecified atom stereocenters. The van der Waals surface area contributed by atoms with Gasteiger partial charge in [-0.2, -0.15) is 0 Å². The number of hydrogen-bond donors (Lipinski definition) is 0. The molecule has 0 saturated heterocycles. The topological polar surface area (TPSA) is 78.9 Å². The van der Waals surface area contributed by atoms with Crippen LogP contribution in [0.5, 0.6) is 0 Å². The highest BCUT2D eigenvalue weighted by Gasteiger charge is 2.19. The molecule has 0 amide bonds. The van der Waals surface area contributed by atoms with Crippen LogP contribution in [0.3, 0.4) is 0 Å². The fraction of sp³-hybridized carbons (Fsp3) is 0.708. The highest BCUT2D eigenvalue weighted by Crippen LogP contribution is 2.16. The number of esters is 3. The van der Waals surface area contributed by atoms with Crippen LogP contribution in [0.2, 0.25) is 0 Å². The quantitative estimate of drug-likeness (QED) is 0.0261. The van der Waals surface area contributed by atoms with E-state index in [-0.39, 0.29) is 31.1 Å². The minimum Gasteiger partial charge on any atom is -0.462 e. The van der Waals surface area contributed by atoms with Gasteiger partial charge in [-0.3, -0.25) is 14.4 Å². The van der Waals surface area contributed by atoms with Crippen molar-refractivity contribution in [2.45, 2.75) is 316 Å². The van der Waals surface area contributed by atoms with Gasteiger partial charge in [0.2, 0.25) is 0 Å². The minimum atomic E-state index is -0.800. The van der Waals surface area contributed by atoms with Crippen molar-refractivity contribution in [3.63, 3.8) is 0 Å². The molecule has 0 rings (SSSR count). The number of carbonyl (C=O) groups excluding carboxylic acids is 3. The van der Waals surface area contributed by atoms with E-state index in [1.807, 2.05) is 0 Å². The van der Waals surface area contributed by atoms with Gasteiger partial charge in [0.05, 0.1) is 0 Å². The number of hydrogen-bond acceptors (Lipinski definition) is 6. The van der Waals surface area contributed by atoms with E-state index in [2.05, 4.69) is 130 Å². The van der Waals surface area contributed by atoms with Crippen LogP contribution in [-0.4, -0.2) is 37.2 Å². The van der Waals surface area contributed by atoms with Crippen LogP contribution in [0, 0.1) is 0 Å². The van der Waals surface area contributed by atoms with E-state index >= 15 is 0 Å². The normalized spacial score (nSPS) is 12.8. The Morgan fingerprint density at radius 2 is 0.513 bits per heavy atom. The number of rotatable bonds is 59. The number of allylic oxidation sites excluding steroid dienone is 18. The Bertz CT molecular complexity index is 1570. The number of unbranched alkanes of at least 4 members (excludes halogenated alkanes) is 30. The van der Waals surface area contributed by atoms with E-state index in [4.69, 9.17) is 14.2 Å². The Labute approximate surface area is 482 Å². The molecule has 1 atom stereocenters. The van der Waals surface area contributed by atoms with Gasteiger partial charge in [0.15, 0.2) is 6.10 Å². The first-order chi connectivity index (χ1) is 38.5. The van der Waals surface area contributed by atoms with Crippen molar-refractivity contribution in [1.29, 1.82) is 0 Å². The van der Waals surface area contributed by atoms with E-state index in [0.29, 0.717) is 19.3 Å². The summed E-state index contributed by atoms with van der Waals surface area (Å²) >= 11 is 0. The average molecular weight is 1080 g/mol. The molecule has 446 valence electrons. The summed E-state index contributed by atoms with van der Waals surface area (Å²) in [5.74, 6) is -0.925. The van der Waals surface area contributed by atoms with Crippen LogP contribution in [0.1, 0.15) is 310 Å². The largest absolute Gasteiger partial charge is 0.462 e. The van der Waals surface area contributed by atoms with Crippen molar-refractivity contribution < 1.29 is 28.6 Å². The van der Waals surface area contributed by atoms with Gasteiger partial charge in [-0.25, -0.2) is 0 Å². The van der Waals surface area contributed by atoms with Gasteiger partial charge in [-0.1, -0.05) is 278 Å². The second kappa shape index (κ2) is 65.6. The lowest BCUT2D eigenvalue weighted by atomic mass is 10.0. The third-order valence-corrected chi connectivity index (χ3v) is 14.0. The SMILES string of the molecule is CC/C=C\C/C=C\C/C=C\C/C=C\CCCCCCC(=O)OC(COC(=O)CCCCCCC/C=C\C/C=C\CCCC)COC(=O)CCCCCCCCCCCCCCCC/C=C\C/C=C\C/C=C\CCCCCCC. The molecule has 0 aliphatic heterocycles. The summed E-state index contributed by atoms with van der Waals surface area (Å²) in [6.07, 6.45) is 89.6. The molecule has 0 spiro atoms. The molecule has 0 aliphatic carbocycles. The lowest BCUT2D eigenvalue weighted by Crippen LogP contribution is -2.30. The predicted octanol–water partition coefficient (Wildman–Crippen LogP) is 22.6. The van der Waals surface area contributed by atoms with Gasteiger partial charge >= 0.3 is 17.9 Å². The Balaban J connectivity index is 4.30. The molecule has 6 nitrogen and oxygen atoms in total. The second-order valence-corrected chi connectivity index (χ2v) is 21.6. The summed E-state index contributed by atoms with van der Waals surface area (Å²) in [7, 11) is 0. The summed E-state index contributed by atoms with van der Waals surface area (Å²) < 4.78 is 16.9. The zero-order valence-electron chi connectivity index (χ0n) is 51.2. The first-order valence-corrected chi connectivity index (χ1v) is 32.9. The molecule has 78 heavy (non-hydrogen) atoms. The lowest BCUT2D eigenvalue weighted by molar-refractivity contribution is -0.167. The van der Waals surface area contributed by atoms with E-state index in [9.17, 15) is 14.4 Å². The molecule has 0 saturated carbocycles.